The molecule has 0 bridgehead atoms. The fraction of sp³-hybridized carbons (Fsp3) is 0.333. The van der Waals surface area contributed by atoms with Gasteiger partial charge in [-0.2, -0.15) is 5.10 Å². The first-order chi connectivity index (χ1) is 7.61. The SMILES string of the molecule is CC(C)C=NNC(=O)C(O)c1ccccc1. The predicted molar refractivity (Wildman–Crippen MR) is 62.9 cm³/mol. The second-order valence-electron chi connectivity index (χ2n) is 3.81. The lowest BCUT2D eigenvalue weighted by atomic mass is 10.1. The number of amides is 1. The van der Waals surface area contributed by atoms with Crippen LogP contribution in [0.25, 0.3) is 0 Å². The highest BCUT2D eigenvalue weighted by Crippen LogP contribution is 2.11. The average Bonchev–Trinajstić information content (AvgIpc) is 2.28. The summed E-state index contributed by atoms with van der Waals surface area (Å²) in [7, 11) is 0. The lowest BCUT2D eigenvalue weighted by Crippen LogP contribution is -2.25. The number of carbonyl (C=O) groups is 1. The normalized spacial score (nSPS) is 13.0. The van der Waals surface area contributed by atoms with Crippen molar-refractivity contribution in [3.63, 3.8) is 0 Å². The highest BCUT2D eigenvalue weighted by Gasteiger charge is 2.15. The maximum Gasteiger partial charge on any atom is 0.273 e. The zero-order valence-electron chi connectivity index (χ0n) is 9.42. The largest absolute Gasteiger partial charge is 0.378 e. The van der Waals surface area contributed by atoms with Crippen LogP contribution in [0.1, 0.15) is 25.5 Å². The van der Waals surface area contributed by atoms with Gasteiger partial charge in [0.15, 0.2) is 6.10 Å². The molecule has 0 radical (unpaired) electrons. The average molecular weight is 220 g/mol. The minimum atomic E-state index is -1.18. The van der Waals surface area contributed by atoms with E-state index in [0.717, 1.165) is 0 Å². The van der Waals surface area contributed by atoms with Crippen LogP contribution in [0.2, 0.25) is 0 Å². The first-order valence-corrected chi connectivity index (χ1v) is 5.17. The van der Waals surface area contributed by atoms with E-state index in [1.54, 1.807) is 30.5 Å². The molecular formula is C12H16N2O2. The van der Waals surface area contributed by atoms with Gasteiger partial charge in [0.05, 0.1) is 0 Å². The first-order valence-electron chi connectivity index (χ1n) is 5.17. The molecule has 0 aliphatic carbocycles. The van der Waals surface area contributed by atoms with Gasteiger partial charge >= 0.3 is 0 Å². The lowest BCUT2D eigenvalue weighted by Gasteiger charge is -2.08. The Labute approximate surface area is 95.0 Å². The quantitative estimate of drug-likeness (QED) is 0.596. The van der Waals surface area contributed by atoms with E-state index in [1.165, 1.54) is 0 Å². The van der Waals surface area contributed by atoms with E-state index in [0.29, 0.717) is 5.56 Å². The van der Waals surface area contributed by atoms with Crippen LogP contribution >= 0.6 is 0 Å². The number of aliphatic hydroxyl groups is 1. The molecule has 0 spiro atoms. The van der Waals surface area contributed by atoms with E-state index in [-0.39, 0.29) is 5.92 Å². The Morgan fingerprint density at radius 2 is 2.00 bits per heavy atom. The molecule has 1 unspecified atom stereocenters. The molecule has 1 atom stereocenters. The van der Waals surface area contributed by atoms with Crippen molar-refractivity contribution in [3.05, 3.63) is 35.9 Å². The Morgan fingerprint density at radius 1 is 1.38 bits per heavy atom. The lowest BCUT2D eigenvalue weighted by molar-refractivity contribution is -0.129. The summed E-state index contributed by atoms with van der Waals surface area (Å²) < 4.78 is 0. The molecule has 86 valence electrons. The number of benzene rings is 1. The Hall–Kier alpha value is -1.68. The van der Waals surface area contributed by atoms with Crippen LogP contribution in [0, 0.1) is 5.92 Å². The first kappa shape index (κ1) is 12.4. The summed E-state index contributed by atoms with van der Waals surface area (Å²) in [4.78, 5) is 11.5. The van der Waals surface area contributed by atoms with Gasteiger partial charge in [0, 0.05) is 6.21 Å². The number of carbonyl (C=O) groups excluding carboxylic acids is 1. The maximum atomic E-state index is 11.5. The number of hydrazone groups is 1. The molecule has 0 saturated carbocycles. The minimum Gasteiger partial charge on any atom is -0.378 e. The standard InChI is InChI=1S/C12H16N2O2/c1-9(2)8-13-14-12(16)11(15)10-6-4-3-5-7-10/h3-9,11,15H,1-2H3,(H,14,16). The zero-order chi connectivity index (χ0) is 12.0. The Balaban J connectivity index is 2.55. The van der Waals surface area contributed by atoms with Crippen molar-refractivity contribution in [2.75, 3.05) is 0 Å². The summed E-state index contributed by atoms with van der Waals surface area (Å²) in [5.74, 6) is -0.266. The Bertz CT molecular complexity index is 361. The Morgan fingerprint density at radius 3 is 2.56 bits per heavy atom. The van der Waals surface area contributed by atoms with E-state index in [4.69, 9.17) is 0 Å². The van der Waals surface area contributed by atoms with Crippen molar-refractivity contribution in [2.45, 2.75) is 20.0 Å². The number of hydrogen-bond acceptors (Lipinski definition) is 3. The number of rotatable bonds is 4. The van der Waals surface area contributed by atoms with Crippen molar-refractivity contribution >= 4 is 12.1 Å². The molecule has 1 aromatic rings. The van der Waals surface area contributed by atoms with Crippen molar-refractivity contribution in [1.29, 1.82) is 0 Å². The molecule has 16 heavy (non-hydrogen) atoms. The van der Waals surface area contributed by atoms with Crippen molar-refractivity contribution in [1.82, 2.24) is 5.43 Å². The molecule has 0 fully saturated rings. The second-order valence-corrected chi connectivity index (χ2v) is 3.81. The molecule has 0 heterocycles. The summed E-state index contributed by atoms with van der Waals surface area (Å²) in [5, 5.41) is 13.4. The van der Waals surface area contributed by atoms with Gasteiger partial charge in [-0.25, -0.2) is 5.43 Å². The van der Waals surface area contributed by atoms with Gasteiger partial charge in [0.25, 0.3) is 5.91 Å². The third-order valence-electron chi connectivity index (χ3n) is 1.91. The smallest absolute Gasteiger partial charge is 0.273 e. The van der Waals surface area contributed by atoms with Gasteiger partial charge in [-0.1, -0.05) is 44.2 Å². The zero-order valence-corrected chi connectivity index (χ0v) is 9.42. The van der Waals surface area contributed by atoms with Crippen LogP contribution in [-0.2, 0) is 4.79 Å². The summed E-state index contributed by atoms with van der Waals surface area (Å²) >= 11 is 0. The van der Waals surface area contributed by atoms with Crippen molar-refractivity contribution < 1.29 is 9.90 Å². The minimum absolute atomic E-state index is 0.258. The maximum absolute atomic E-state index is 11.5. The molecule has 1 aromatic carbocycles. The van der Waals surface area contributed by atoms with Crippen LogP contribution in [0.15, 0.2) is 35.4 Å². The number of nitrogens with zero attached hydrogens (tertiary/aromatic N) is 1. The predicted octanol–water partition coefficient (Wildman–Crippen LogP) is 1.48. The van der Waals surface area contributed by atoms with Gasteiger partial charge in [-0.05, 0) is 11.5 Å². The van der Waals surface area contributed by atoms with Gasteiger partial charge < -0.3 is 5.11 Å². The molecule has 1 amide bonds. The van der Waals surface area contributed by atoms with Crippen LogP contribution in [0.3, 0.4) is 0 Å². The molecule has 1 rings (SSSR count). The Kier molecular flexibility index (Phi) is 4.66. The van der Waals surface area contributed by atoms with Gasteiger partial charge in [0.2, 0.25) is 0 Å². The highest BCUT2D eigenvalue weighted by atomic mass is 16.3. The third kappa shape index (κ3) is 3.82. The molecular weight excluding hydrogens is 204 g/mol. The van der Waals surface area contributed by atoms with Gasteiger partial charge in [-0.3, -0.25) is 4.79 Å². The summed E-state index contributed by atoms with van der Waals surface area (Å²) in [6.45, 7) is 3.90. The number of aliphatic hydroxyl groups excluding tert-OH is 1. The van der Waals surface area contributed by atoms with E-state index in [1.807, 2.05) is 19.9 Å². The van der Waals surface area contributed by atoms with E-state index in [9.17, 15) is 9.90 Å². The van der Waals surface area contributed by atoms with Crippen LogP contribution < -0.4 is 5.43 Å². The summed E-state index contributed by atoms with van der Waals surface area (Å²) in [6, 6.07) is 8.74. The fourth-order valence-electron chi connectivity index (χ4n) is 1.10. The molecule has 0 aliphatic heterocycles. The fourth-order valence-corrected chi connectivity index (χ4v) is 1.10. The molecule has 4 nitrogen and oxygen atoms in total. The summed E-state index contributed by atoms with van der Waals surface area (Å²) in [5.41, 5.74) is 2.85. The van der Waals surface area contributed by atoms with Gasteiger partial charge in [0.1, 0.15) is 0 Å². The number of hydrogen-bond donors (Lipinski definition) is 2. The van der Waals surface area contributed by atoms with E-state index < -0.39 is 12.0 Å². The molecule has 0 saturated heterocycles. The van der Waals surface area contributed by atoms with Crippen LogP contribution in [-0.4, -0.2) is 17.2 Å². The number of nitrogens with one attached hydrogen (secondary N) is 1. The second kappa shape index (κ2) is 6.02. The monoisotopic (exact) mass is 220 g/mol. The topological polar surface area (TPSA) is 61.7 Å². The molecule has 0 aliphatic rings. The summed E-state index contributed by atoms with van der Waals surface area (Å²) in [6.07, 6.45) is 0.431. The van der Waals surface area contributed by atoms with Gasteiger partial charge in [-0.15, -0.1) is 0 Å². The van der Waals surface area contributed by atoms with Crippen molar-refractivity contribution in [2.24, 2.45) is 11.0 Å². The van der Waals surface area contributed by atoms with Crippen molar-refractivity contribution in [3.8, 4) is 0 Å². The van der Waals surface area contributed by atoms with Crippen LogP contribution in [0.5, 0.6) is 0 Å². The van der Waals surface area contributed by atoms with E-state index >= 15 is 0 Å². The van der Waals surface area contributed by atoms with E-state index in [2.05, 4.69) is 10.5 Å². The molecule has 0 aromatic heterocycles. The molecule has 4 heteroatoms. The van der Waals surface area contributed by atoms with Crippen LogP contribution in [0.4, 0.5) is 0 Å². The highest BCUT2D eigenvalue weighted by molar-refractivity contribution is 5.82. The third-order valence-corrected chi connectivity index (χ3v) is 1.91. The molecule has 2 N–H and O–H groups in total.